The van der Waals surface area contributed by atoms with Crippen molar-refractivity contribution < 1.29 is 24.3 Å². The molecule has 4 atom stereocenters. The van der Waals surface area contributed by atoms with Crippen molar-refractivity contribution in [2.24, 2.45) is 11.7 Å². The summed E-state index contributed by atoms with van der Waals surface area (Å²) in [5.74, 6) is -2.50. The number of carbonyl (C=O) groups is 4. The summed E-state index contributed by atoms with van der Waals surface area (Å²) in [5, 5.41) is 16.6. The van der Waals surface area contributed by atoms with Crippen molar-refractivity contribution in [3.63, 3.8) is 0 Å². The van der Waals surface area contributed by atoms with Gasteiger partial charge < -0.3 is 31.8 Å². The lowest BCUT2D eigenvalue weighted by molar-refractivity contribution is -0.142. The maximum absolute atomic E-state index is 13.0. The van der Waals surface area contributed by atoms with Gasteiger partial charge in [0, 0.05) is 18.3 Å². The van der Waals surface area contributed by atoms with Crippen LogP contribution in [0.5, 0.6) is 0 Å². The number of nitrogens with zero attached hydrogens (tertiary/aromatic N) is 1. The first-order valence-corrected chi connectivity index (χ1v) is 11.3. The Hall–Kier alpha value is -2.60. The van der Waals surface area contributed by atoms with Gasteiger partial charge in [0.05, 0.1) is 12.4 Å². The number of carbonyl (C=O) groups excluding carboxylic acids is 3. The first-order valence-electron chi connectivity index (χ1n) is 9.92. The second-order valence-corrected chi connectivity index (χ2v) is 8.51. The van der Waals surface area contributed by atoms with E-state index in [1.54, 1.807) is 25.6 Å². The molecule has 0 aliphatic rings. The standard InChI is InChI=1S/C19H32N6O5S/c1-10(2)15(18(28)23-11(3)19(29)30)25-17(27)14(7-12-8-21-9-22-12)24-16(26)13(20)5-6-31-4/h8-11,13-15H,5-7,20H2,1-4H3,(H,21,22)(H,23,28)(H,24,26)(H,25,27)(H,29,30). The van der Waals surface area contributed by atoms with Crippen LogP contribution in [-0.4, -0.2) is 74.9 Å². The van der Waals surface area contributed by atoms with Crippen LogP contribution < -0.4 is 21.7 Å². The van der Waals surface area contributed by atoms with Gasteiger partial charge in [-0.2, -0.15) is 11.8 Å². The number of aliphatic carboxylic acids is 1. The zero-order valence-electron chi connectivity index (χ0n) is 18.2. The molecule has 0 aliphatic heterocycles. The summed E-state index contributed by atoms with van der Waals surface area (Å²) >= 11 is 1.56. The van der Waals surface area contributed by atoms with Gasteiger partial charge in [0.2, 0.25) is 17.7 Å². The minimum absolute atomic E-state index is 0.116. The smallest absolute Gasteiger partial charge is 0.325 e. The Balaban J connectivity index is 2.94. The predicted molar refractivity (Wildman–Crippen MR) is 117 cm³/mol. The number of carboxylic acids is 1. The molecule has 0 aromatic carbocycles. The highest BCUT2D eigenvalue weighted by Crippen LogP contribution is 2.06. The molecule has 7 N–H and O–H groups in total. The van der Waals surface area contributed by atoms with Gasteiger partial charge in [0.15, 0.2) is 0 Å². The number of hydrogen-bond donors (Lipinski definition) is 6. The summed E-state index contributed by atoms with van der Waals surface area (Å²) in [5.41, 5.74) is 6.52. The molecule has 1 aromatic heterocycles. The van der Waals surface area contributed by atoms with E-state index in [9.17, 15) is 19.2 Å². The fourth-order valence-electron chi connectivity index (χ4n) is 2.63. The minimum atomic E-state index is -1.19. The number of H-pyrrole nitrogens is 1. The normalized spacial score (nSPS) is 14.9. The molecule has 4 unspecified atom stereocenters. The molecule has 0 radical (unpaired) electrons. The lowest BCUT2D eigenvalue weighted by Gasteiger charge is -2.26. The molecule has 0 saturated heterocycles. The summed E-state index contributed by atoms with van der Waals surface area (Å²) in [7, 11) is 0. The van der Waals surface area contributed by atoms with Crippen molar-refractivity contribution in [2.75, 3.05) is 12.0 Å². The first-order chi connectivity index (χ1) is 14.6. The second-order valence-electron chi connectivity index (χ2n) is 7.53. The Morgan fingerprint density at radius 1 is 1.13 bits per heavy atom. The lowest BCUT2D eigenvalue weighted by atomic mass is 10.0. The van der Waals surface area contributed by atoms with Crippen LogP contribution in [0.25, 0.3) is 0 Å². The minimum Gasteiger partial charge on any atom is -0.480 e. The molecule has 1 aromatic rings. The molecule has 0 saturated carbocycles. The highest BCUT2D eigenvalue weighted by Gasteiger charge is 2.31. The summed E-state index contributed by atoms with van der Waals surface area (Å²) in [6, 6.07) is -3.87. The van der Waals surface area contributed by atoms with Crippen molar-refractivity contribution >= 4 is 35.5 Å². The summed E-state index contributed by atoms with van der Waals surface area (Å²) in [6.45, 7) is 4.77. The van der Waals surface area contributed by atoms with Crippen LogP contribution in [0, 0.1) is 5.92 Å². The number of imidazole rings is 1. The van der Waals surface area contributed by atoms with Crippen molar-refractivity contribution in [2.45, 2.75) is 57.8 Å². The van der Waals surface area contributed by atoms with E-state index in [0.29, 0.717) is 17.9 Å². The third kappa shape index (κ3) is 8.97. The van der Waals surface area contributed by atoms with Crippen LogP contribution >= 0.6 is 11.8 Å². The SMILES string of the molecule is CSCCC(N)C(=O)NC(Cc1cnc[nH]1)C(=O)NC(C(=O)NC(C)C(=O)O)C(C)C. The van der Waals surface area contributed by atoms with E-state index in [4.69, 9.17) is 10.8 Å². The average Bonchev–Trinajstić information content (AvgIpc) is 3.21. The number of nitrogens with one attached hydrogen (secondary N) is 4. The second kappa shape index (κ2) is 13.0. The van der Waals surface area contributed by atoms with Crippen LogP contribution in [0.2, 0.25) is 0 Å². The molecule has 1 rings (SSSR count). The number of amides is 3. The molecule has 0 fully saturated rings. The molecular weight excluding hydrogens is 424 g/mol. The first kappa shape index (κ1) is 26.4. The van der Waals surface area contributed by atoms with Gasteiger partial charge in [-0.25, -0.2) is 4.98 Å². The lowest BCUT2D eigenvalue weighted by Crippen LogP contribution is -2.58. The van der Waals surface area contributed by atoms with E-state index in [1.807, 2.05) is 6.26 Å². The zero-order valence-corrected chi connectivity index (χ0v) is 19.0. The third-order valence-electron chi connectivity index (χ3n) is 4.56. The van der Waals surface area contributed by atoms with Crippen molar-refractivity contribution in [3.8, 4) is 0 Å². The number of rotatable bonds is 13. The molecular formula is C19H32N6O5S. The molecule has 0 aliphatic carbocycles. The third-order valence-corrected chi connectivity index (χ3v) is 5.20. The number of aromatic nitrogens is 2. The van der Waals surface area contributed by atoms with Crippen LogP contribution in [0.3, 0.4) is 0 Å². The van der Waals surface area contributed by atoms with Crippen molar-refractivity contribution in [1.29, 1.82) is 0 Å². The Morgan fingerprint density at radius 2 is 1.81 bits per heavy atom. The largest absolute Gasteiger partial charge is 0.480 e. The molecule has 11 nitrogen and oxygen atoms in total. The fraction of sp³-hybridized carbons (Fsp3) is 0.632. The molecule has 0 spiro atoms. The van der Waals surface area contributed by atoms with E-state index in [1.165, 1.54) is 19.4 Å². The van der Waals surface area contributed by atoms with Gasteiger partial charge in [0.25, 0.3) is 0 Å². The number of aromatic amines is 1. The molecule has 31 heavy (non-hydrogen) atoms. The number of thioether (sulfide) groups is 1. The predicted octanol–water partition coefficient (Wildman–Crippen LogP) is -0.752. The summed E-state index contributed by atoms with van der Waals surface area (Å²) < 4.78 is 0. The molecule has 0 bridgehead atoms. The van der Waals surface area contributed by atoms with Crippen LogP contribution in [0.15, 0.2) is 12.5 Å². The van der Waals surface area contributed by atoms with E-state index in [2.05, 4.69) is 25.9 Å². The maximum atomic E-state index is 13.0. The van der Waals surface area contributed by atoms with Gasteiger partial charge in [-0.1, -0.05) is 13.8 Å². The van der Waals surface area contributed by atoms with Crippen LogP contribution in [0.1, 0.15) is 32.9 Å². The van der Waals surface area contributed by atoms with Gasteiger partial charge in [-0.15, -0.1) is 0 Å². The highest BCUT2D eigenvalue weighted by molar-refractivity contribution is 7.98. The van der Waals surface area contributed by atoms with Crippen LogP contribution in [0.4, 0.5) is 0 Å². The fourth-order valence-corrected chi connectivity index (χ4v) is 3.12. The van der Waals surface area contributed by atoms with Gasteiger partial charge in [0.1, 0.15) is 18.1 Å². The molecule has 12 heteroatoms. The van der Waals surface area contributed by atoms with Gasteiger partial charge in [-0.05, 0) is 31.3 Å². The Morgan fingerprint density at radius 3 is 2.32 bits per heavy atom. The Labute approximate surface area is 185 Å². The van der Waals surface area contributed by atoms with E-state index >= 15 is 0 Å². The monoisotopic (exact) mass is 456 g/mol. The number of nitrogens with two attached hydrogens (primary N) is 1. The molecule has 3 amide bonds. The topological polar surface area (TPSA) is 179 Å². The highest BCUT2D eigenvalue weighted by atomic mass is 32.2. The van der Waals surface area contributed by atoms with E-state index in [0.717, 1.165) is 0 Å². The van der Waals surface area contributed by atoms with Crippen LogP contribution in [-0.2, 0) is 25.6 Å². The van der Waals surface area contributed by atoms with Gasteiger partial charge in [-0.3, -0.25) is 19.2 Å². The number of carboxylic acid groups (broad SMARTS) is 1. The quantitative estimate of drug-likeness (QED) is 0.224. The summed E-state index contributed by atoms with van der Waals surface area (Å²) in [4.78, 5) is 55.8. The van der Waals surface area contributed by atoms with E-state index < -0.39 is 47.9 Å². The Bertz CT molecular complexity index is 742. The summed E-state index contributed by atoms with van der Waals surface area (Å²) in [6.07, 6.45) is 5.46. The number of hydrogen-bond acceptors (Lipinski definition) is 7. The van der Waals surface area contributed by atoms with Crippen molar-refractivity contribution in [1.82, 2.24) is 25.9 Å². The van der Waals surface area contributed by atoms with E-state index in [-0.39, 0.29) is 12.3 Å². The van der Waals surface area contributed by atoms with Gasteiger partial charge >= 0.3 is 5.97 Å². The maximum Gasteiger partial charge on any atom is 0.325 e. The zero-order chi connectivity index (χ0) is 23.6. The molecule has 1 heterocycles. The molecule has 174 valence electrons. The average molecular weight is 457 g/mol. The Kier molecular flexibility index (Phi) is 11.0. The van der Waals surface area contributed by atoms with Crippen molar-refractivity contribution in [3.05, 3.63) is 18.2 Å².